The predicted octanol–water partition coefficient (Wildman–Crippen LogP) is 2.23. The molecule has 1 aromatic carbocycles. The highest BCUT2D eigenvalue weighted by Gasteiger charge is 2.14. The van der Waals surface area contributed by atoms with Gasteiger partial charge in [-0.2, -0.15) is 0 Å². The molecule has 2 rings (SSSR count). The van der Waals surface area contributed by atoms with Crippen molar-refractivity contribution in [3.05, 3.63) is 24.3 Å². The Balaban J connectivity index is 1.64. The number of para-hydroxylation sites is 2. The van der Waals surface area contributed by atoms with Crippen LogP contribution >= 0.6 is 0 Å². The number of benzene rings is 1. The van der Waals surface area contributed by atoms with Crippen LogP contribution in [0.1, 0.15) is 19.8 Å². The number of rotatable bonds is 8. The van der Waals surface area contributed by atoms with E-state index in [0.717, 1.165) is 31.2 Å². The molecule has 106 valence electrons. The van der Waals surface area contributed by atoms with Crippen molar-refractivity contribution < 1.29 is 14.2 Å². The van der Waals surface area contributed by atoms with E-state index in [-0.39, 0.29) is 0 Å². The Morgan fingerprint density at radius 1 is 1.26 bits per heavy atom. The lowest BCUT2D eigenvalue weighted by atomic mass is 10.2. The van der Waals surface area contributed by atoms with E-state index in [0.29, 0.717) is 19.3 Å². The third-order valence-corrected chi connectivity index (χ3v) is 3.08. The van der Waals surface area contributed by atoms with Gasteiger partial charge >= 0.3 is 0 Å². The molecule has 1 saturated heterocycles. The molecule has 0 bridgehead atoms. The van der Waals surface area contributed by atoms with Crippen LogP contribution in [-0.4, -0.2) is 39.0 Å². The zero-order chi connectivity index (χ0) is 13.3. The van der Waals surface area contributed by atoms with Gasteiger partial charge in [-0.15, -0.1) is 0 Å². The van der Waals surface area contributed by atoms with E-state index in [2.05, 4.69) is 5.32 Å². The molecule has 1 aromatic rings. The van der Waals surface area contributed by atoms with Crippen molar-refractivity contribution in [1.82, 2.24) is 5.32 Å². The van der Waals surface area contributed by atoms with Crippen molar-refractivity contribution in [2.45, 2.75) is 25.9 Å². The van der Waals surface area contributed by atoms with Gasteiger partial charge in [-0.1, -0.05) is 12.1 Å². The van der Waals surface area contributed by atoms with Crippen LogP contribution in [0.3, 0.4) is 0 Å². The normalized spacial score (nSPS) is 18.5. The molecule has 1 fully saturated rings. The Labute approximate surface area is 115 Å². The van der Waals surface area contributed by atoms with Crippen molar-refractivity contribution in [3.8, 4) is 11.5 Å². The second-order valence-corrected chi connectivity index (χ2v) is 4.57. The largest absolute Gasteiger partial charge is 0.490 e. The molecule has 1 aliphatic heterocycles. The summed E-state index contributed by atoms with van der Waals surface area (Å²) in [4.78, 5) is 0. The Morgan fingerprint density at radius 2 is 2.05 bits per heavy atom. The molecule has 1 aliphatic rings. The van der Waals surface area contributed by atoms with Crippen LogP contribution in [0, 0.1) is 0 Å². The first kappa shape index (κ1) is 14.2. The molecule has 1 unspecified atom stereocenters. The van der Waals surface area contributed by atoms with Gasteiger partial charge in [0.1, 0.15) is 6.61 Å². The molecule has 0 radical (unpaired) electrons. The first-order chi connectivity index (χ1) is 9.40. The number of hydrogen-bond acceptors (Lipinski definition) is 4. The molecule has 0 spiro atoms. The Morgan fingerprint density at radius 3 is 2.74 bits per heavy atom. The lowest BCUT2D eigenvalue weighted by Gasteiger charge is -2.13. The average Bonchev–Trinajstić information content (AvgIpc) is 2.94. The molecule has 0 aliphatic carbocycles. The fourth-order valence-electron chi connectivity index (χ4n) is 2.15. The second-order valence-electron chi connectivity index (χ2n) is 4.57. The fourth-order valence-corrected chi connectivity index (χ4v) is 2.15. The van der Waals surface area contributed by atoms with E-state index < -0.39 is 0 Å². The molecule has 1 atom stereocenters. The lowest BCUT2D eigenvalue weighted by molar-refractivity contribution is 0.109. The highest BCUT2D eigenvalue weighted by atomic mass is 16.5. The van der Waals surface area contributed by atoms with Gasteiger partial charge in [0.15, 0.2) is 11.5 Å². The minimum absolute atomic E-state index is 0.385. The zero-order valence-electron chi connectivity index (χ0n) is 11.6. The van der Waals surface area contributed by atoms with E-state index in [1.165, 1.54) is 12.8 Å². The van der Waals surface area contributed by atoms with E-state index in [4.69, 9.17) is 14.2 Å². The van der Waals surface area contributed by atoms with Crippen LogP contribution in [0.4, 0.5) is 0 Å². The van der Waals surface area contributed by atoms with Gasteiger partial charge in [0.2, 0.25) is 0 Å². The minimum atomic E-state index is 0.385. The van der Waals surface area contributed by atoms with Crippen molar-refractivity contribution in [3.63, 3.8) is 0 Å². The quantitative estimate of drug-likeness (QED) is 0.732. The smallest absolute Gasteiger partial charge is 0.161 e. The minimum Gasteiger partial charge on any atom is -0.490 e. The maximum Gasteiger partial charge on any atom is 0.161 e. The van der Waals surface area contributed by atoms with E-state index >= 15 is 0 Å². The van der Waals surface area contributed by atoms with E-state index in [1.54, 1.807) is 0 Å². The van der Waals surface area contributed by atoms with Gasteiger partial charge in [0.25, 0.3) is 0 Å². The van der Waals surface area contributed by atoms with Crippen LogP contribution in [0.25, 0.3) is 0 Å². The van der Waals surface area contributed by atoms with Gasteiger partial charge in [-0.05, 0) is 31.9 Å². The summed E-state index contributed by atoms with van der Waals surface area (Å²) in [7, 11) is 0. The van der Waals surface area contributed by atoms with Gasteiger partial charge < -0.3 is 19.5 Å². The molecule has 19 heavy (non-hydrogen) atoms. The summed E-state index contributed by atoms with van der Waals surface area (Å²) in [5, 5.41) is 3.36. The molecule has 4 heteroatoms. The molecule has 1 heterocycles. The van der Waals surface area contributed by atoms with Gasteiger partial charge in [-0.25, -0.2) is 0 Å². The number of nitrogens with one attached hydrogen (secondary N) is 1. The summed E-state index contributed by atoms with van der Waals surface area (Å²) in [5.74, 6) is 1.62. The van der Waals surface area contributed by atoms with Crippen molar-refractivity contribution >= 4 is 0 Å². The fraction of sp³-hybridized carbons (Fsp3) is 0.600. The molecular weight excluding hydrogens is 242 g/mol. The monoisotopic (exact) mass is 265 g/mol. The predicted molar refractivity (Wildman–Crippen MR) is 74.9 cm³/mol. The summed E-state index contributed by atoms with van der Waals surface area (Å²) in [6.45, 7) is 5.90. The van der Waals surface area contributed by atoms with Crippen LogP contribution < -0.4 is 14.8 Å². The molecular formula is C15H23NO3. The van der Waals surface area contributed by atoms with Crippen molar-refractivity contribution in [1.29, 1.82) is 0 Å². The van der Waals surface area contributed by atoms with Crippen LogP contribution in [-0.2, 0) is 4.74 Å². The Kier molecular flexibility index (Phi) is 5.98. The number of hydrogen-bond donors (Lipinski definition) is 1. The SMILES string of the molecule is CCOc1ccccc1OCCNCC1CCCO1. The molecule has 1 N–H and O–H groups in total. The molecule has 0 aromatic heterocycles. The third-order valence-electron chi connectivity index (χ3n) is 3.08. The van der Waals surface area contributed by atoms with Crippen molar-refractivity contribution in [2.75, 3.05) is 32.9 Å². The summed E-state index contributed by atoms with van der Waals surface area (Å²) < 4.78 is 16.8. The second kappa shape index (κ2) is 8.02. The van der Waals surface area contributed by atoms with E-state index in [1.807, 2.05) is 31.2 Å². The Hall–Kier alpha value is -1.26. The average molecular weight is 265 g/mol. The summed E-state index contributed by atoms with van der Waals surface area (Å²) in [5.41, 5.74) is 0. The molecule has 0 amide bonds. The van der Waals surface area contributed by atoms with Crippen LogP contribution in [0.5, 0.6) is 11.5 Å². The third kappa shape index (κ3) is 4.73. The lowest BCUT2D eigenvalue weighted by Crippen LogP contribution is -2.29. The molecule has 4 nitrogen and oxygen atoms in total. The van der Waals surface area contributed by atoms with Gasteiger partial charge in [-0.3, -0.25) is 0 Å². The van der Waals surface area contributed by atoms with Gasteiger partial charge in [0.05, 0.1) is 12.7 Å². The summed E-state index contributed by atoms with van der Waals surface area (Å²) in [6, 6.07) is 7.77. The summed E-state index contributed by atoms with van der Waals surface area (Å²) in [6.07, 6.45) is 2.74. The maximum absolute atomic E-state index is 5.73. The first-order valence-electron chi connectivity index (χ1n) is 7.07. The first-order valence-corrected chi connectivity index (χ1v) is 7.07. The number of ether oxygens (including phenoxy) is 3. The van der Waals surface area contributed by atoms with Gasteiger partial charge in [0, 0.05) is 19.7 Å². The molecule has 0 saturated carbocycles. The maximum atomic E-state index is 5.73. The summed E-state index contributed by atoms with van der Waals surface area (Å²) >= 11 is 0. The van der Waals surface area contributed by atoms with E-state index in [9.17, 15) is 0 Å². The highest BCUT2D eigenvalue weighted by Crippen LogP contribution is 2.25. The van der Waals surface area contributed by atoms with Crippen LogP contribution in [0.15, 0.2) is 24.3 Å². The van der Waals surface area contributed by atoms with Crippen LogP contribution in [0.2, 0.25) is 0 Å². The van der Waals surface area contributed by atoms with Crippen molar-refractivity contribution in [2.24, 2.45) is 0 Å². The highest BCUT2D eigenvalue weighted by molar-refractivity contribution is 5.39. The standard InChI is InChI=1S/C15H23NO3/c1-2-17-14-7-3-4-8-15(14)19-11-9-16-12-13-6-5-10-18-13/h3-4,7-8,13,16H,2,5-6,9-12H2,1H3. The zero-order valence-corrected chi connectivity index (χ0v) is 11.6. The topological polar surface area (TPSA) is 39.7 Å². The Bertz CT molecular complexity index is 364.